The lowest BCUT2D eigenvalue weighted by molar-refractivity contribution is -0.119. The molecular weight excluding hydrogens is 455 g/mol. The largest absolute Gasteiger partial charge is 0.284 e. The van der Waals surface area contributed by atoms with Crippen LogP contribution < -0.4 is 10.4 Å². The summed E-state index contributed by atoms with van der Waals surface area (Å²) in [6.07, 6.45) is 6.33. The van der Waals surface area contributed by atoms with Gasteiger partial charge in [-0.2, -0.15) is 5.10 Å². The Labute approximate surface area is 197 Å². The number of anilines is 1. The van der Waals surface area contributed by atoms with Crippen LogP contribution in [0.1, 0.15) is 50.1 Å². The van der Waals surface area contributed by atoms with E-state index in [9.17, 15) is 4.79 Å². The molecule has 0 saturated carbocycles. The topological polar surface area (TPSA) is 47.9 Å². The second-order valence-electron chi connectivity index (χ2n) is 7.95. The van der Waals surface area contributed by atoms with Crippen molar-refractivity contribution in [3.8, 4) is 0 Å². The normalized spacial score (nSPS) is 20.2. The fraction of sp³-hybridized carbons (Fsp3) is 0.391. The molecule has 0 bridgehead atoms. The highest BCUT2D eigenvalue weighted by atomic mass is 35.5. The van der Waals surface area contributed by atoms with Gasteiger partial charge in [0.05, 0.1) is 16.8 Å². The number of halogens is 3. The monoisotopic (exact) mass is 478 g/mol. The van der Waals surface area contributed by atoms with E-state index >= 15 is 0 Å². The fourth-order valence-electron chi connectivity index (χ4n) is 4.05. The number of carbonyl (C=O) groups excluding carboxylic acids is 1. The number of hydrazone groups is 1. The van der Waals surface area contributed by atoms with Gasteiger partial charge in [0.15, 0.2) is 0 Å². The predicted molar refractivity (Wildman–Crippen MR) is 128 cm³/mol. The van der Waals surface area contributed by atoms with E-state index in [1.165, 1.54) is 19.3 Å². The van der Waals surface area contributed by atoms with E-state index in [0.717, 1.165) is 31.5 Å². The number of hydrazine groups is 1. The number of amides is 1. The quantitative estimate of drug-likeness (QED) is 0.563. The van der Waals surface area contributed by atoms with Gasteiger partial charge < -0.3 is 0 Å². The van der Waals surface area contributed by atoms with Crippen molar-refractivity contribution in [1.29, 1.82) is 0 Å². The van der Waals surface area contributed by atoms with E-state index in [1.807, 2.05) is 40.3 Å². The van der Waals surface area contributed by atoms with Crippen molar-refractivity contribution in [3.05, 3.63) is 63.1 Å². The molecule has 2 aromatic rings. The molecule has 1 fully saturated rings. The molecule has 0 aromatic heterocycles. The van der Waals surface area contributed by atoms with E-state index in [1.54, 1.807) is 12.1 Å². The van der Waals surface area contributed by atoms with Crippen LogP contribution in [0.2, 0.25) is 15.1 Å². The highest BCUT2D eigenvalue weighted by Crippen LogP contribution is 2.39. The number of nitrogens with zero attached hydrogens (tertiary/aromatic N) is 3. The summed E-state index contributed by atoms with van der Waals surface area (Å²) in [4.78, 5) is 13.1. The highest BCUT2D eigenvalue weighted by Gasteiger charge is 2.34. The number of hydrogen-bond acceptors (Lipinski definition) is 4. The Balaban J connectivity index is 1.58. The summed E-state index contributed by atoms with van der Waals surface area (Å²) in [5, 5.41) is 10.2. The summed E-state index contributed by atoms with van der Waals surface area (Å²) < 4.78 is 0. The first kappa shape index (κ1) is 22.4. The van der Waals surface area contributed by atoms with E-state index in [2.05, 4.69) is 10.5 Å². The third-order valence-corrected chi connectivity index (χ3v) is 6.49. The second-order valence-corrected chi connectivity index (χ2v) is 9.23. The lowest BCUT2D eigenvalue weighted by Gasteiger charge is -2.25. The predicted octanol–water partition coefficient (Wildman–Crippen LogP) is 6.25. The summed E-state index contributed by atoms with van der Waals surface area (Å²) in [6.45, 7) is 1.73. The van der Waals surface area contributed by atoms with Gasteiger partial charge in [-0.1, -0.05) is 66.2 Å². The molecule has 2 aliphatic heterocycles. The summed E-state index contributed by atoms with van der Waals surface area (Å²) in [5.41, 5.74) is 5.26. The lowest BCUT2D eigenvalue weighted by atomic mass is 10.0. The molecule has 0 spiro atoms. The zero-order chi connectivity index (χ0) is 21.8. The van der Waals surface area contributed by atoms with Gasteiger partial charge in [-0.05, 0) is 48.7 Å². The Hall–Kier alpha value is -1.79. The standard InChI is InChI=1S/C23H25Cl3N4O/c24-17-8-6-16(7-9-17)22-15-20(23(31)28-29-12-4-2-1-3-5-13-29)27-30(22)21-11-10-18(25)14-19(21)26/h6-11,14,22H,1-5,12-13,15H2,(H,28,31). The van der Waals surface area contributed by atoms with Crippen LogP contribution in [0.25, 0.3) is 0 Å². The molecule has 164 valence electrons. The summed E-state index contributed by atoms with van der Waals surface area (Å²) in [5.74, 6) is -0.160. The Morgan fingerprint density at radius 2 is 1.55 bits per heavy atom. The van der Waals surface area contributed by atoms with Crippen molar-refractivity contribution in [2.75, 3.05) is 18.1 Å². The van der Waals surface area contributed by atoms with E-state index in [0.29, 0.717) is 32.9 Å². The molecule has 4 rings (SSSR count). The van der Waals surface area contributed by atoms with Gasteiger partial charge in [0.2, 0.25) is 0 Å². The molecule has 2 aromatic carbocycles. The molecule has 1 atom stereocenters. The number of benzene rings is 2. The molecule has 8 heteroatoms. The molecule has 31 heavy (non-hydrogen) atoms. The van der Waals surface area contributed by atoms with E-state index in [4.69, 9.17) is 34.8 Å². The minimum Gasteiger partial charge on any atom is -0.284 e. The average molecular weight is 480 g/mol. The molecule has 0 aliphatic carbocycles. The van der Waals surface area contributed by atoms with Crippen molar-refractivity contribution in [1.82, 2.24) is 10.4 Å². The van der Waals surface area contributed by atoms with Crippen LogP contribution in [0, 0.1) is 0 Å². The number of hydrogen-bond donors (Lipinski definition) is 1. The first-order valence-corrected chi connectivity index (χ1v) is 11.8. The lowest BCUT2D eigenvalue weighted by Crippen LogP contribution is -2.46. The second kappa shape index (κ2) is 10.2. The van der Waals surface area contributed by atoms with Crippen LogP contribution in [0.4, 0.5) is 5.69 Å². The zero-order valence-electron chi connectivity index (χ0n) is 17.2. The van der Waals surface area contributed by atoms with Gasteiger partial charge >= 0.3 is 0 Å². The maximum absolute atomic E-state index is 13.1. The maximum Gasteiger partial charge on any atom is 0.281 e. The molecule has 2 heterocycles. The first-order valence-electron chi connectivity index (χ1n) is 10.6. The zero-order valence-corrected chi connectivity index (χ0v) is 19.4. The average Bonchev–Trinajstić information content (AvgIpc) is 3.15. The molecule has 2 aliphatic rings. The highest BCUT2D eigenvalue weighted by molar-refractivity contribution is 6.40. The smallest absolute Gasteiger partial charge is 0.281 e. The van der Waals surface area contributed by atoms with Crippen molar-refractivity contribution >= 4 is 52.1 Å². The SMILES string of the molecule is O=C(NN1CCCCCCC1)C1=NN(c2ccc(Cl)cc2Cl)C(c2ccc(Cl)cc2)C1. The number of rotatable bonds is 4. The number of carbonyl (C=O) groups is 1. The van der Waals surface area contributed by atoms with Crippen LogP contribution in [-0.2, 0) is 4.79 Å². The van der Waals surface area contributed by atoms with Gasteiger partial charge in [0.25, 0.3) is 5.91 Å². The Bertz CT molecular complexity index is 956. The molecule has 1 saturated heterocycles. The Morgan fingerprint density at radius 3 is 2.23 bits per heavy atom. The maximum atomic E-state index is 13.1. The van der Waals surface area contributed by atoms with Gasteiger partial charge in [0.1, 0.15) is 5.71 Å². The molecule has 1 unspecified atom stereocenters. The third kappa shape index (κ3) is 5.53. The van der Waals surface area contributed by atoms with Crippen LogP contribution in [0.5, 0.6) is 0 Å². The summed E-state index contributed by atoms with van der Waals surface area (Å²) in [7, 11) is 0. The molecule has 0 radical (unpaired) electrons. The van der Waals surface area contributed by atoms with Crippen molar-refractivity contribution < 1.29 is 4.79 Å². The van der Waals surface area contributed by atoms with Gasteiger partial charge in [-0.15, -0.1) is 0 Å². The van der Waals surface area contributed by atoms with Crippen LogP contribution in [0.15, 0.2) is 47.6 Å². The fourth-order valence-corrected chi connectivity index (χ4v) is 4.67. The first-order chi connectivity index (χ1) is 15.0. The summed E-state index contributed by atoms with van der Waals surface area (Å²) >= 11 is 18.6. The minimum atomic E-state index is -0.163. The minimum absolute atomic E-state index is 0.160. The molecule has 1 amide bonds. The van der Waals surface area contributed by atoms with Crippen LogP contribution >= 0.6 is 34.8 Å². The Morgan fingerprint density at radius 1 is 0.903 bits per heavy atom. The van der Waals surface area contributed by atoms with Crippen LogP contribution in [-0.4, -0.2) is 29.7 Å². The van der Waals surface area contributed by atoms with Gasteiger partial charge in [-0.3, -0.25) is 15.2 Å². The third-order valence-electron chi connectivity index (χ3n) is 5.70. The summed E-state index contributed by atoms with van der Waals surface area (Å²) in [6, 6.07) is 12.7. The molecule has 1 N–H and O–H groups in total. The van der Waals surface area contributed by atoms with E-state index in [-0.39, 0.29) is 11.9 Å². The van der Waals surface area contributed by atoms with Crippen LogP contribution in [0.3, 0.4) is 0 Å². The molecular formula is C23H25Cl3N4O. The number of nitrogens with one attached hydrogen (secondary N) is 1. The molecule has 5 nitrogen and oxygen atoms in total. The van der Waals surface area contributed by atoms with E-state index < -0.39 is 0 Å². The van der Waals surface area contributed by atoms with Crippen molar-refractivity contribution in [2.24, 2.45) is 5.10 Å². The Kier molecular flexibility index (Phi) is 7.39. The van der Waals surface area contributed by atoms with Crippen molar-refractivity contribution in [2.45, 2.75) is 44.6 Å². The van der Waals surface area contributed by atoms with Gasteiger partial charge in [-0.25, -0.2) is 5.01 Å². The van der Waals surface area contributed by atoms with Crippen molar-refractivity contribution in [3.63, 3.8) is 0 Å². The van der Waals surface area contributed by atoms with Gasteiger partial charge in [0, 0.05) is 29.6 Å².